The van der Waals surface area contributed by atoms with Crippen molar-refractivity contribution < 1.29 is 13.6 Å². The van der Waals surface area contributed by atoms with E-state index in [4.69, 9.17) is 4.42 Å². The average molecular weight is 273 g/mol. The molecule has 100 valence electrons. The standard InChI is InChI=1S/C13H8FN3O3/c14-11-4-1-7(6-15-11)12(18)16-8-2-3-10-9(5-8)17-13(19)20-10/h1-6H,(H,16,18)(H,17,19). The lowest BCUT2D eigenvalue weighted by molar-refractivity contribution is 0.102. The number of hydrogen-bond acceptors (Lipinski definition) is 4. The molecule has 0 atom stereocenters. The maximum atomic E-state index is 12.7. The minimum absolute atomic E-state index is 0.229. The number of nitrogens with one attached hydrogen (secondary N) is 2. The number of carbonyl (C=O) groups is 1. The summed E-state index contributed by atoms with van der Waals surface area (Å²) < 4.78 is 17.5. The van der Waals surface area contributed by atoms with Crippen molar-refractivity contribution >= 4 is 22.7 Å². The third kappa shape index (κ3) is 2.28. The van der Waals surface area contributed by atoms with Crippen molar-refractivity contribution in [2.24, 2.45) is 0 Å². The molecule has 0 radical (unpaired) electrons. The highest BCUT2D eigenvalue weighted by Crippen LogP contribution is 2.16. The number of H-pyrrole nitrogens is 1. The Hall–Kier alpha value is -2.96. The largest absolute Gasteiger partial charge is 0.417 e. The van der Waals surface area contributed by atoms with Gasteiger partial charge in [0.05, 0.1) is 11.1 Å². The van der Waals surface area contributed by atoms with Crippen LogP contribution < -0.4 is 11.1 Å². The number of oxazole rings is 1. The molecule has 20 heavy (non-hydrogen) atoms. The zero-order valence-corrected chi connectivity index (χ0v) is 10.0. The fourth-order valence-electron chi connectivity index (χ4n) is 1.74. The average Bonchev–Trinajstić information content (AvgIpc) is 2.78. The van der Waals surface area contributed by atoms with Crippen LogP contribution in [0.25, 0.3) is 11.1 Å². The van der Waals surface area contributed by atoms with Crippen molar-refractivity contribution in [1.29, 1.82) is 0 Å². The van der Waals surface area contributed by atoms with Crippen molar-refractivity contribution in [2.75, 3.05) is 5.32 Å². The highest BCUT2D eigenvalue weighted by Gasteiger charge is 2.08. The SMILES string of the molecule is O=C(Nc1ccc2oc(=O)[nH]c2c1)c1ccc(F)nc1. The van der Waals surface area contributed by atoms with Gasteiger partial charge in [0.1, 0.15) is 0 Å². The number of nitrogens with zero attached hydrogens (tertiary/aromatic N) is 1. The van der Waals surface area contributed by atoms with Gasteiger partial charge in [-0.15, -0.1) is 0 Å². The molecule has 0 saturated heterocycles. The van der Waals surface area contributed by atoms with Crippen LogP contribution in [0.4, 0.5) is 10.1 Å². The van der Waals surface area contributed by atoms with E-state index in [1.54, 1.807) is 18.2 Å². The maximum Gasteiger partial charge on any atom is 0.417 e. The number of fused-ring (bicyclic) bond motifs is 1. The Morgan fingerprint density at radius 3 is 2.90 bits per heavy atom. The van der Waals surface area contributed by atoms with Crippen molar-refractivity contribution in [3.8, 4) is 0 Å². The second-order valence-electron chi connectivity index (χ2n) is 4.05. The first-order chi connectivity index (χ1) is 9.61. The van der Waals surface area contributed by atoms with E-state index in [-0.39, 0.29) is 5.56 Å². The first-order valence-corrected chi connectivity index (χ1v) is 5.67. The summed E-state index contributed by atoms with van der Waals surface area (Å²) in [5.74, 6) is -1.65. The first-order valence-electron chi connectivity index (χ1n) is 5.67. The molecule has 0 saturated carbocycles. The van der Waals surface area contributed by atoms with E-state index < -0.39 is 17.6 Å². The second kappa shape index (κ2) is 4.61. The van der Waals surface area contributed by atoms with Crippen molar-refractivity contribution in [1.82, 2.24) is 9.97 Å². The summed E-state index contributed by atoms with van der Waals surface area (Å²) in [4.78, 5) is 28.8. The molecule has 3 aromatic rings. The first kappa shape index (κ1) is 12.1. The van der Waals surface area contributed by atoms with E-state index >= 15 is 0 Å². The number of carbonyl (C=O) groups excluding carboxylic acids is 1. The van der Waals surface area contributed by atoms with E-state index in [0.29, 0.717) is 16.8 Å². The Kier molecular flexibility index (Phi) is 2.79. The smallest absolute Gasteiger partial charge is 0.408 e. The molecule has 0 unspecified atom stereocenters. The minimum atomic E-state index is -0.654. The number of rotatable bonds is 2. The van der Waals surface area contributed by atoms with Crippen molar-refractivity contribution in [2.45, 2.75) is 0 Å². The van der Waals surface area contributed by atoms with E-state index in [9.17, 15) is 14.0 Å². The van der Waals surface area contributed by atoms with Crippen LogP contribution in [0.1, 0.15) is 10.4 Å². The van der Waals surface area contributed by atoms with Crippen LogP contribution in [0.15, 0.2) is 45.7 Å². The predicted octanol–water partition coefficient (Wildman–Crippen LogP) is 1.91. The number of halogens is 1. The second-order valence-corrected chi connectivity index (χ2v) is 4.05. The molecule has 1 amide bonds. The van der Waals surface area contributed by atoms with Crippen LogP contribution in [-0.4, -0.2) is 15.9 Å². The molecule has 6 nitrogen and oxygen atoms in total. The lowest BCUT2D eigenvalue weighted by Crippen LogP contribution is -2.12. The van der Waals surface area contributed by atoms with E-state index in [0.717, 1.165) is 12.3 Å². The molecule has 1 aromatic carbocycles. The lowest BCUT2D eigenvalue weighted by Gasteiger charge is -2.04. The van der Waals surface area contributed by atoms with Crippen LogP contribution >= 0.6 is 0 Å². The summed E-state index contributed by atoms with van der Waals surface area (Å²) in [6, 6.07) is 7.15. The van der Waals surface area contributed by atoms with Crippen LogP contribution in [-0.2, 0) is 0 Å². The minimum Gasteiger partial charge on any atom is -0.408 e. The summed E-state index contributed by atoms with van der Waals surface area (Å²) >= 11 is 0. The molecule has 0 spiro atoms. The van der Waals surface area contributed by atoms with Gasteiger partial charge < -0.3 is 9.73 Å². The molecule has 2 heterocycles. The van der Waals surface area contributed by atoms with Gasteiger partial charge in [-0.1, -0.05) is 0 Å². The fraction of sp³-hybridized carbons (Fsp3) is 0. The molecule has 0 aliphatic heterocycles. The molecule has 3 rings (SSSR count). The van der Waals surface area contributed by atoms with E-state index in [1.165, 1.54) is 6.07 Å². The highest BCUT2D eigenvalue weighted by molar-refractivity contribution is 6.04. The van der Waals surface area contributed by atoms with Gasteiger partial charge in [-0.2, -0.15) is 4.39 Å². The molecule has 7 heteroatoms. The molecule has 2 N–H and O–H groups in total. The monoisotopic (exact) mass is 273 g/mol. The molecule has 2 aromatic heterocycles. The Balaban J connectivity index is 1.86. The quantitative estimate of drug-likeness (QED) is 0.698. The lowest BCUT2D eigenvalue weighted by atomic mass is 10.2. The highest BCUT2D eigenvalue weighted by atomic mass is 19.1. The Morgan fingerprint density at radius 2 is 2.15 bits per heavy atom. The van der Waals surface area contributed by atoms with Gasteiger partial charge in [0.2, 0.25) is 5.95 Å². The summed E-state index contributed by atoms with van der Waals surface area (Å²) in [7, 11) is 0. The summed E-state index contributed by atoms with van der Waals surface area (Å²) in [6.07, 6.45) is 1.14. The molecule has 0 aliphatic rings. The number of anilines is 1. The van der Waals surface area contributed by atoms with Gasteiger partial charge in [0.15, 0.2) is 5.58 Å². The van der Waals surface area contributed by atoms with Crippen molar-refractivity contribution in [3.05, 3.63) is 58.6 Å². The summed E-state index contributed by atoms with van der Waals surface area (Å²) in [5.41, 5.74) is 1.58. The Labute approximate surface area is 111 Å². The van der Waals surface area contributed by atoms with Crippen LogP contribution in [0.5, 0.6) is 0 Å². The van der Waals surface area contributed by atoms with Crippen LogP contribution in [0.3, 0.4) is 0 Å². The molecular formula is C13H8FN3O3. The Bertz CT molecular complexity index is 836. The summed E-state index contributed by atoms with van der Waals surface area (Å²) in [6.45, 7) is 0. The topological polar surface area (TPSA) is 88.0 Å². The molecule has 0 aliphatic carbocycles. The van der Waals surface area contributed by atoms with Crippen LogP contribution in [0, 0.1) is 5.95 Å². The number of aromatic amines is 1. The van der Waals surface area contributed by atoms with Gasteiger partial charge in [0, 0.05) is 11.9 Å². The molecule has 0 fully saturated rings. The third-order valence-electron chi connectivity index (χ3n) is 2.67. The number of hydrogen-bond donors (Lipinski definition) is 2. The normalized spacial score (nSPS) is 10.7. The molecular weight excluding hydrogens is 265 g/mol. The maximum absolute atomic E-state index is 12.7. The fourth-order valence-corrected chi connectivity index (χ4v) is 1.74. The number of amides is 1. The zero-order valence-electron chi connectivity index (χ0n) is 10.0. The Morgan fingerprint density at radius 1 is 1.30 bits per heavy atom. The number of pyridine rings is 1. The van der Waals surface area contributed by atoms with Gasteiger partial charge in [-0.05, 0) is 30.3 Å². The van der Waals surface area contributed by atoms with Gasteiger partial charge >= 0.3 is 5.76 Å². The van der Waals surface area contributed by atoms with E-state index in [2.05, 4.69) is 15.3 Å². The number of aromatic nitrogens is 2. The van der Waals surface area contributed by atoms with Gasteiger partial charge in [-0.25, -0.2) is 9.78 Å². The number of benzene rings is 1. The van der Waals surface area contributed by atoms with Crippen LogP contribution in [0.2, 0.25) is 0 Å². The molecule has 0 bridgehead atoms. The van der Waals surface area contributed by atoms with E-state index in [1.807, 2.05) is 0 Å². The van der Waals surface area contributed by atoms with Gasteiger partial charge in [0.25, 0.3) is 5.91 Å². The van der Waals surface area contributed by atoms with Gasteiger partial charge in [-0.3, -0.25) is 9.78 Å². The third-order valence-corrected chi connectivity index (χ3v) is 2.67. The summed E-state index contributed by atoms with van der Waals surface area (Å²) in [5, 5.41) is 2.61. The van der Waals surface area contributed by atoms with Crippen molar-refractivity contribution in [3.63, 3.8) is 0 Å². The predicted molar refractivity (Wildman–Crippen MR) is 69.0 cm³/mol. The zero-order chi connectivity index (χ0) is 14.1.